The molecular formula is C13H9F2NO2. The average Bonchev–Trinajstić information content (AvgIpc) is 2.38. The maximum Gasteiger partial charge on any atom is 0.197 e. The van der Waals surface area contributed by atoms with Crippen molar-refractivity contribution in [3.63, 3.8) is 0 Å². The summed E-state index contributed by atoms with van der Waals surface area (Å²) in [5.74, 6) is -2.10. The molecule has 0 aliphatic heterocycles. The Labute approximate surface area is 102 Å². The van der Waals surface area contributed by atoms with Gasteiger partial charge in [-0.25, -0.2) is 8.78 Å². The van der Waals surface area contributed by atoms with E-state index in [2.05, 4.69) is 4.98 Å². The summed E-state index contributed by atoms with van der Waals surface area (Å²) < 4.78 is 31.6. The van der Waals surface area contributed by atoms with Crippen molar-refractivity contribution < 1.29 is 18.3 Å². The second-order valence-electron chi connectivity index (χ2n) is 3.54. The zero-order valence-electron chi connectivity index (χ0n) is 9.48. The van der Waals surface area contributed by atoms with Gasteiger partial charge < -0.3 is 4.74 Å². The molecule has 0 spiro atoms. The Kier molecular flexibility index (Phi) is 3.32. The summed E-state index contributed by atoms with van der Waals surface area (Å²) in [7, 11) is 1.30. The fourth-order valence-electron chi connectivity index (χ4n) is 1.54. The Morgan fingerprint density at radius 2 is 2.06 bits per heavy atom. The minimum absolute atomic E-state index is 0.0119. The van der Waals surface area contributed by atoms with E-state index in [-0.39, 0.29) is 16.9 Å². The van der Waals surface area contributed by atoms with E-state index < -0.39 is 17.4 Å². The van der Waals surface area contributed by atoms with Crippen LogP contribution in [0.4, 0.5) is 8.78 Å². The minimum atomic E-state index is -0.769. The molecule has 18 heavy (non-hydrogen) atoms. The van der Waals surface area contributed by atoms with Crippen molar-refractivity contribution >= 4 is 5.78 Å². The lowest BCUT2D eigenvalue weighted by molar-refractivity contribution is 0.103. The molecule has 0 aliphatic rings. The maximum atomic E-state index is 13.8. The van der Waals surface area contributed by atoms with Gasteiger partial charge in [-0.15, -0.1) is 0 Å². The summed E-state index contributed by atoms with van der Waals surface area (Å²) in [6, 6.07) is 5.21. The normalized spacial score (nSPS) is 10.2. The van der Waals surface area contributed by atoms with Crippen LogP contribution >= 0.6 is 0 Å². The molecule has 0 unspecified atom stereocenters. The Balaban J connectivity index is 2.46. The molecule has 0 bridgehead atoms. The molecule has 0 saturated carbocycles. The van der Waals surface area contributed by atoms with Crippen LogP contribution in [-0.2, 0) is 0 Å². The molecule has 2 rings (SSSR count). The first-order valence-corrected chi connectivity index (χ1v) is 5.11. The van der Waals surface area contributed by atoms with Gasteiger partial charge in [-0.1, -0.05) is 6.07 Å². The fourth-order valence-corrected chi connectivity index (χ4v) is 1.54. The fraction of sp³-hybridized carbons (Fsp3) is 0.0769. The molecule has 0 fully saturated rings. The zero-order valence-corrected chi connectivity index (χ0v) is 9.48. The predicted molar refractivity (Wildman–Crippen MR) is 60.6 cm³/mol. The van der Waals surface area contributed by atoms with E-state index in [1.807, 2.05) is 0 Å². The predicted octanol–water partition coefficient (Wildman–Crippen LogP) is 2.60. The summed E-state index contributed by atoms with van der Waals surface area (Å²) >= 11 is 0. The second kappa shape index (κ2) is 4.91. The molecule has 92 valence electrons. The van der Waals surface area contributed by atoms with E-state index in [9.17, 15) is 13.6 Å². The molecule has 1 heterocycles. The van der Waals surface area contributed by atoms with Crippen LogP contribution < -0.4 is 4.74 Å². The van der Waals surface area contributed by atoms with Gasteiger partial charge >= 0.3 is 0 Å². The van der Waals surface area contributed by atoms with Crippen molar-refractivity contribution in [1.29, 1.82) is 0 Å². The largest absolute Gasteiger partial charge is 0.494 e. The minimum Gasteiger partial charge on any atom is -0.494 e. The molecule has 1 aromatic heterocycles. The van der Waals surface area contributed by atoms with E-state index in [0.717, 1.165) is 12.3 Å². The number of ketones is 1. The van der Waals surface area contributed by atoms with Crippen LogP contribution in [0.2, 0.25) is 0 Å². The molecule has 0 radical (unpaired) electrons. The summed E-state index contributed by atoms with van der Waals surface area (Å²) in [5, 5.41) is 0. The Morgan fingerprint density at radius 1 is 1.28 bits per heavy atom. The van der Waals surface area contributed by atoms with Gasteiger partial charge in [-0.05, 0) is 18.2 Å². The highest BCUT2D eigenvalue weighted by atomic mass is 19.1. The third-order valence-electron chi connectivity index (χ3n) is 2.39. The van der Waals surface area contributed by atoms with Crippen molar-refractivity contribution in [2.24, 2.45) is 0 Å². The summed E-state index contributed by atoms with van der Waals surface area (Å²) in [6.45, 7) is 0. The summed E-state index contributed by atoms with van der Waals surface area (Å²) in [6.07, 6.45) is 2.16. The van der Waals surface area contributed by atoms with E-state index in [4.69, 9.17) is 4.74 Å². The van der Waals surface area contributed by atoms with Gasteiger partial charge in [0, 0.05) is 11.8 Å². The highest BCUT2D eigenvalue weighted by Crippen LogP contribution is 2.22. The Hall–Kier alpha value is -2.30. The van der Waals surface area contributed by atoms with Crippen LogP contribution in [-0.4, -0.2) is 17.9 Å². The molecule has 0 saturated heterocycles. The van der Waals surface area contributed by atoms with E-state index in [1.54, 1.807) is 0 Å². The first-order chi connectivity index (χ1) is 8.63. The van der Waals surface area contributed by atoms with Gasteiger partial charge in [0.2, 0.25) is 0 Å². The lowest BCUT2D eigenvalue weighted by atomic mass is 10.0. The van der Waals surface area contributed by atoms with Gasteiger partial charge in [0.1, 0.15) is 5.82 Å². The number of halogens is 2. The van der Waals surface area contributed by atoms with Gasteiger partial charge in [-0.2, -0.15) is 0 Å². The van der Waals surface area contributed by atoms with Crippen LogP contribution in [0.3, 0.4) is 0 Å². The number of rotatable bonds is 3. The standard InChI is InChI=1S/C13H9F2NO2/c1-18-11-4-2-3-10(12(11)15)13(17)8-5-9(14)7-16-6-8/h2-7H,1H3. The van der Waals surface area contributed by atoms with Gasteiger partial charge in [0.15, 0.2) is 17.3 Å². The van der Waals surface area contributed by atoms with Crippen molar-refractivity contribution in [1.82, 2.24) is 4.98 Å². The topological polar surface area (TPSA) is 39.2 Å². The van der Waals surface area contributed by atoms with Crippen LogP contribution in [0.25, 0.3) is 0 Å². The highest BCUT2D eigenvalue weighted by molar-refractivity contribution is 6.09. The third kappa shape index (κ3) is 2.20. The number of ether oxygens (including phenoxy) is 1. The van der Waals surface area contributed by atoms with Crippen molar-refractivity contribution in [3.05, 3.63) is 59.4 Å². The first-order valence-electron chi connectivity index (χ1n) is 5.11. The van der Waals surface area contributed by atoms with Gasteiger partial charge in [0.05, 0.1) is 18.9 Å². The second-order valence-corrected chi connectivity index (χ2v) is 3.54. The summed E-state index contributed by atoms with van der Waals surface area (Å²) in [4.78, 5) is 15.5. The van der Waals surface area contributed by atoms with Crippen LogP contribution in [0.1, 0.15) is 15.9 Å². The Bertz CT molecular complexity index is 599. The first kappa shape index (κ1) is 12.2. The number of carbonyl (C=O) groups excluding carboxylic acids is 1. The van der Waals surface area contributed by atoms with Gasteiger partial charge in [0.25, 0.3) is 0 Å². The number of hydrogen-bond donors (Lipinski definition) is 0. The zero-order chi connectivity index (χ0) is 13.1. The monoisotopic (exact) mass is 249 g/mol. The number of benzene rings is 1. The number of carbonyl (C=O) groups is 1. The molecule has 3 nitrogen and oxygen atoms in total. The third-order valence-corrected chi connectivity index (χ3v) is 2.39. The highest BCUT2D eigenvalue weighted by Gasteiger charge is 2.17. The average molecular weight is 249 g/mol. The van der Waals surface area contributed by atoms with Crippen LogP contribution in [0, 0.1) is 11.6 Å². The summed E-state index contributed by atoms with van der Waals surface area (Å²) in [5.41, 5.74) is -0.191. The molecule has 0 aliphatic carbocycles. The van der Waals surface area contributed by atoms with Crippen molar-refractivity contribution in [2.45, 2.75) is 0 Å². The number of methoxy groups -OCH3 is 1. The molecule has 0 amide bonds. The van der Waals surface area contributed by atoms with Crippen LogP contribution in [0.15, 0.2) is 36.7 Å². The number of hydrogen-bond acceptors (Lipinski definition) is 3. The lowest BCUT2D eigenvalue weighted by Gasteiger charge is -2.06. The van der Waals surface area contributed by atoms with E-state index in [1.165, 1.54) is 31.5 Å². The van der Waals surface area contributed by atoms with Crippen molar-refractivity contribution in [2.75, 3.05) is 7.11 Å². The van der Waals surface area contributed by atoms with E-state index >= 15 is 0 Å². The van der Waals surface area contributed by atoms with Crippen LogP contribution in [0.5, 0.6) is 5.75 Å². The molecule has 0 N–H and O–H groups in total. The molecule has 2 aromatic rings. The molecule has 1 aromatic carbocycles. The molecular weight excluding hydrogens is 240 g/mol. The smallest absolute Gasteiger partial charge is 0.197 e. The van der Waals surface area contributed by atoms with Crippen molar-refractivity contribution in [3.8, 4) is 5.75 Å². The number of nitrogens with zero attached hydrogens (tertiary/aromatic N) is 1. The number of aromatic nitrogens is 1. The molecule has 5 heteroatoms. The van der Waals surface area contributed by atoms with E-state index in [0.29, 0.717) is 0 Å². The lowest BCUT2D eigenvalue weighted by Crippen LogP contribution is -2.06. The molecule has 0 atom stereocenters. The quantitative estimate of drug-likeness (QED) is 0.785. The SMILES string of the molecule is COc1cccc(C(=O)c2cncc(F)c2)c1F. The Morgan fingerprint density at radius 3 is 2.72 bits per heavy atom. The van der Waals surface area contributed by atoms with Gasteiger partial charge in [-0.3, -0.25) is 9.78 Å². The number of pyridine rings is 1. The maximum absolute atomic E-state index is 13.8.